The molecule has 4 nitrogen and oxygen atoms in total. The van der Waals surface area contributed by atoms with Crippen molar-refractivity contribution in [1.29, 1.82) is 0 Å². The lowest BCUT2D eigenvalue weighted by molar-refractivity contribution is 0.0904. The number of hydrogen-bond donors (Lipinski definition) is 1. The number of hydrogen-bond acceptors (Lipinski definition) is 3. The summed E-state index contributed by atoms with van der Waals surface area (Å²) in [6.45, 7) is 1.95. The summed E-state index contributed by atoms with van der Waals surface area (Å²) in [5.74, 6) is -0.343. The predicted octanol–water partition coefficient (Wildman–Crippen LogP) is 2.67. The van der Waals surface area contributed by atoms with E-state index >= 15 is 0 Å². The predicted molar refractivity (Wildman–Crippen MR) is 88.6 cm³/mol. The first-order valence-electron chi connectivity index (χ1n) is 7.13. The van der Waals surface area contributed by atoms with E-state index in [1.165, 1.54) is 0 Å². The van der Waals surface area contributed by atoms with E-state index in [1.807, 2.05) is 50.2 Å². The molecule has 0 saturated heterocycles. The monoisotopic (exact) mass is 296 g/mol. The number of Topliss-reactive ketones (excluding diaryl/α,β-unsaturated/α-hetero) is 1. The molecule has 0 aliphatic heterocycles. The van der Waals surface area contributed by atoms with Crippen molar-refractivity contribution >= 4 is 17.4 Å². The minimum atomic E-state index is -0.238. The maximum atomic E-state index is 12.1. The van der Waals surface area contributed by atoms with E-state index in [9.17, 15) is 9.59 Å². The number of benzene rings is 2. The topological polar surface area (TPSA) is 49.4 Å². The Balaban J connectivity index is 1.94. The van der Waals surface area contributed by atoms with Gasteiger partial charge in [-0.1, -0.05) is 17.7 Å². The van der Waals surface area contributed by atoms with Crippen molar-refractivity contribution in [2.75, 3.05) is 25.5 Å². The fourth-order valence-corrected chi connectivity index (χ4v) is 2.02. The van der Waals surface area contributed by atoms with E-state index in [-0.39, 0.29) is 18.2 Å². The average Bonchev–Trinajstić information content (AvgIpc) is 2.53. The van der Waals surface area contributed by atoms with Gasteiger partial charge < -0.3 is 10.2 Å². The molecular formula is C18H20N2O2. The molecule has 22 heavy (non-hydrogen) atoms. The lowest BCUT2D eigenvalue weighted by atomic mass is 10.1. The molecular weight excluding hydrogens is 276 g/mol. The summed E-state index contributed by atoms with van der Waals surface area (Å²) in [6.07, 6.45) is 0. The Morgan fingerprint density at radius 1 is 0.909 bits per heavy atom. The highest BCUT2D eigenvalue weighted by Crippen LogP contribution is 2.12. The lowest BCUT2D eigenvalue weighted by Gasteiger charge is -2.12. The number of anilines is 1. The van der Waals surface area contributed by atoms with E-state index in [0.717, 1.165) is 11.3 Å². The highest BCUT2D eigenvalue weighted by Gasteiger charge is 2.10. The van der Waals surface area contributed by atoms with Crippen LogP contribution in [0.3, 0.4) is 0 Å². The summed E-state index contributed by atoms with van der Waals surface area (Å²) in [5, 5.41) is 2.66. The van der Waals surface area contributed by atoms with Gasteiger partial charge in [0.05, 0.1) is 6.54 Å². The molecule has 0 bridgehead atoms. The number of aryl methyl sites for hydroxylation is 1. The van der Waals surface area contributed by atoms with E-state index in [0.29, 0.717) is 11.1 Å². The van der Waals surface area contributed by atoms with Crippen LogP contribution in [0, 0.1) is 6.92 Å². The second kappa shape index (κ2) is 6.89. The van der Waals surface area contributed by atoms with Crippen LogP contribution in [0.1, 0.15) is 26.3 Å². The van der Waals surface area contributed by atoms with E-state index < -0.39 is 0 Å². The Hall–Kier alpha value is -2.62. The number of amides is 1. The van der Waals surface area contributed by atoms with Crippen molar-refractivity contribution in [1.82, 2.24) is 5.32 Å². The first kappa shape index (κ1) is 15.8. The molecule has 2 rings (SSSR count). The van der Waals surface area contributed by atoms with Gasteiger partial charge in [-0.3, -0.25) is 9.59 Å². The maximum absolute atomic E-state index is 12.1. The molecule has 0 aromatic heterocycles. The van der Waals surface area contributed by atoms with Crippen LogP contribution in [0.5, 0.6) is 0 Å². The van der Waals surface area contributed by atoms with Gasteiger partial charge in [-0.25, -0.2) is 0 Å². The number of ketones is 1. The second-order valence-corrected chi connectivity index (χ2v) is 5.41. The smallest absolute Gasteiger partial charge is 0.251 e. The molecule has 0 spiro atoms. The number of carbonyl (C=O) groups excluding carboxylic acids is 2. The van der Waals surface area contributed by atoms with Gasteiger partial charge in [0.15, 0.2) is 5.78 Å². The van der Waals surface area contributed by atoms with Crippen LogP contribution in [0.4, 0.5) is 5.69 Å². The van der Waals surface area contributed by atoms with Crippen molar-refractivity contribution in [3.8, 4) is 0 Å². The van der Waals surface area contributed by atoms with Gasteiger partial charge in [0.25, 0.3) is 5.91 Å². The molecule has 0 atom stereocenters. The zero-order valence-corrected chi connectivity index (χ0v) is 13.1. The fraction of sp³-hybridized carbons (Fsp3) is 0.222. The van der Waals surface area contributed by atoms with Crippen LogP contribution in [-0.2, 0) is 0 Å². The molecule has 0 radical (unpaired) electrons. The SMILES string of the molecule is Cc1ccc(C(=O)NCC(=O)c2ccc(N(C)C)cc2)cc1. The molecule has 2 aromatic rings. The summed E-state index contributed by atoms with van der Waals surface area (Å²) < 4.78 is 0. The first-order chi connectivity index (χ1) is 10.5. The van der Waals surface area contributed by atoms with Gasteiger partial charge >= 0.3 is 0 Å². The van der Waals surface area contributed by atoms with Crippen molar-refractivity contribution in [2.24, 2.45) is 0 Å². The van der Waals surface area contributed by atoms with Crippen molar-refractivity contribution < 1.29 is 9.59 Å². The van der Waals surface area contributed by atoms with Gasteiger partial charge in [0.1, 0.15) is 0 Å². The third-order valence-electron chi connectivity index (χ3n) is 3.43. The van der Waals surface area contributed by atoms with Gasteiger partial charge in [-0.2, -0.15) is 0 Å². The minimum Gasteiger partial charge on any atom is -0.378 e. The normalized spacial score (nSPS) is 10.1. The molecule has 4 heteroatoms. The fourth-order valence-electron chi connectivity index (χ4n) is 2.02. The van der Waals surface area contributed by atoms with Crippen LogP contribution in [-0.4, -0.2) is 32.3 Å². The summed E-state index contributed by atoms with van der Waals surface area (Å²) in [7, 11) is 3.89. The summed E-state index contributed by atoms with van der Waals surface area (Å²) in [4.78, 5) is 26.0. The van der Waals surface area contributed by atoms with E-state index in [1.54, 1.807) is 24.3 Å². The van der Waals surface area contributed by atoms with Crippen LogP contribution >= 0.6 is 0 Å². The summed E-state index contributed by atoms with van der Waals surface area (Å²) in [5.41, 5.74) is 3.27. The van der Waals surface area contributed by atoms with Crippen LogP contribution in [0.25, 0.3) is 0 Å². The standard InChI is InChI=1S/C18H20N2O2/c1-13-4-6-15(7-5-13)18(22)19-12-17(21)14-8-10-16(11-9-14)20(2)3/h4-11H,12H2,1-3H3,(H,19,22). The maximum Gasteiger partial charge on any atom is 0.251 e. The molecule has 114 valence electrons. The highest BCUT2D eigenvalue weighted by molar-refractivity contribution is 6.02. The Kier molecular flexibility index (Phi) is 4.94. The molecule has 0 heterocycles. The van der Waals surface area contributed by atoms with E-state index in [2.05, 4.69) is 5.32 Å². The molecule has 0 saturated carbocycles. The van der Waals surface area contributed by atoms with Crippen molar-refractivity contribution in [3.63, 3.8) is 0 Å². The summed E-state index contributed by atoms with van der Waals surface area (Å²) in [6, 6.07) is 14.6. The van der Waals surface area contributed by atoms with Crippen LogP contribution < -0.4 is 10.2 Å². The third-order valence-corrected chi connectivity index (χ3v) is 3.43. The highest BCUT2D eigenvalue weighted by atomic mass is 16.2. The van der Waals surface area contributed by atoms with Crippen molar-refractivity contribution in [2.45, 2.75) is 6.92 Å². The Bertz CT molecular complexity index is 658. The van der Waals surface area contributed by atoms with Gasteiger partial charge in [-0.15, -0.1) is 0 Å². The molecule has 0 unspecified atom stereocenters. The number of rotatable bonds is 5. The van der Waals surface area contributed by atoms with Crippen LogP contribution in [0.15, 0.2) is 48.5 Å². The largest absolute Gasteiger partial charge is 0.378 e. The Labute approximate surface area is 130 Å². The molecule has 0 aliphatic rings. The summed E-state index contributed by atoms with van der Waals surface area (Å²) >= 11 is 0. The zero-order valence-electron chi connectivity index (χ0n) is 13.1. The number of carbonyl (C=O) groups is 2. The first-order valence-corrected chi connectivity index (χ1v) is 7.13. The third kappa shape index (κ3) is 3.95. The molecule has 1 N–H and O–H groups in total. The quantitative estimate of drug-likeness (QED) is 0.863. The Morgan fingerprint density at radius 2 is 1.45 bits per heavy atom. The second-order valence-electron chi connectivity index (χ2n) is 5.41. The lowest BCUT2D eigenvalue weighted by Crippen LogP contribution is -2.29. The van der Waals surface area contributed by atoms with Crippen molar-refractivity contribution in [3.05, 3.63) is 65.2 Å². The van der Waals surface area contributed by atoms with Gasteiger partial charge in [0.2, 0.25) is 0 Å². The van der Waals surface area contributed by atoms with E-state index in [4.69, 9.17) is 0 Å². The number of nitrogens with one attached hydrogen (secondary N) is 1. The average molecular weight is 296 g/mol. The van der Waals surface area contributed by atoms with Gasteiger partial charge in [0, 0.05) is 30.9 Å². The number of nitrogens with zero attached hydrogens (tertiary/aromatic N) is 1. The molecule has 0 aliphatic carbocycles. The van der Waals surface area contributed by atoms with Gasteiger partial charge in [-0.05, 0) is 43.3 Å². The Morgan fingerprint density at radius 3 is 2.00 bits per heavy atom. The molecule has 1 amide bonds. The zero-order chi connectivity index (χ0) is 16.1. The molecule has 0 fully saturated rings. The van der Waals surface area contributed by atoms with Crippen LogP contribution in [0.2, 0.25) is 0 Å². The molecule has 2 aromatic carbocycles. The minimum absolute atomic E-state index is 0.00593.